The average molecular weight is 484 g/mol. The fraction of sp³-hybridized carbons (Fsp3) is 0.214. The van der Waals surface area contributed by atoms with Gasteiger partial charge in [-0.2, -0.15) is 0 Å². The summed E-state index contributed by atoms with van der Waals surface area (Å²) in [5.74, 6) is 2.62. The number of ketones is 1. The molecule has 4 heterocycles. The molecule has 0 aliphatic carbocycles. The van der Waals surface area contributed by atoms with Gasteiger partial charge in [-0.25, -0.2) is 0 Å². The van der Waals surface area contributed by atoms with Crippen molar-refractivity contribution in [3.05, 3.63) is 76.5 Å². The first-order valence-electron chi connectivity index (χ1n) is 11.7. The van der Waals surface area contributed by atoms with Crippen LogP contribution in [0.2, 0.25) is 0 Å². The van der Waals surface area contributed by atoms with Crippen LogP contribution in [-0.4, -0.2) is 38.2 Å². The Morgan fingerprint density at radius 3 is 2.14 bits per heavy atom. The number of esters is 1. The number of Topliss-reactive ketones (excluding diaryl/α,β-unsaturated/α-hetero) is 1. The van der Waals surface area contributed by atoms with Gasteiger partial charge >= 0.3 is 5.97 Å². The first-order valence-corrected chi connectivity index (χ1v) is 11.7. The van der Waals surface area contributed by atoms with Gasteiger partial charge in [-0.05, 0) is 53.6 Å². The van der Waals surface area contributed by atoms with Gasteiger partial charge < -0.3 is 28.4 Å². The van der Waals surface area contributed by atoms with E-state index >= 15 is 0 Å². The maximum absolute atomic E-state index is 13.3. The lowest BCUT2D eigenvalue weighted by Crippen LogP contribution is -2.22. The van der Waals surface area contributed by atoms with Crippen molar-refractivity contribution in [1.29, 1.82) is 0 Å². The zero-order valence-electron chi connectivity index (χ0n) is 19.1. The summed E-state index contributed by atoms with van der Waals surface area (Å²) in [7, 11) is 0. The molecule has 0 unspecified atom stereocenters. The second-order valence-electron chi connectivity index (χ2n) is 8.83. The van der Waals surface area contributed by atoms with E-state index in [0.717, 1.165) is 11.1 Å². The van der Waals surface area contributed by atoms with Gasteiger partial charge in [0.2, 0.25) is 5.78 Å². The van der Waals surface area contributed by atoms with Gasteiger partial charge in [0, 0.05) is 11.5 Å². The van der Waals surface area contributed by atoms with Gasteiger partial charge in [-0.15, -0.1) is 0 Å². The van der Waals surface area contributed by atoms with Crippen LogP contribution in [0, 0.1) is 0 Å². The molecule has 8 heteroatoms. The molecular weight excluding hydrogens is 464 g/mol. The highest BCUT2D eigenvalue weighted by molar-refractivity contribution is 6.15. The Bertz CT molecular complexity index is 1470. The molecular formula is C28H20O8. The molecule has 1 atom stereocenters. The van der Waals surface area contributed by atoms with Crippen molar-refractivity contribution in [3.63, 3.8) is 0 Å². The Hall–Kier alpha value is -4.46. The van der Waals surface area contributed by atoms with E-state index in [-0.39, 0.29) is 29.9 Å². The number of carbonyl (C=O) groups is 2. The van der Waals surface area contributed by atoms with Crippen LogP contribution in [0.15, 0.2) is 54.3 Å². The van der Waals surface area contributed by atoms with Crippen LogP contribution >= 0.6 is 0 Å². The molecule has 3 aromatic carbocycles. The van der Waals surface area contributed by atoms with Gasteiger partial charge in [0.1, 0.15) is 37.9 Å². The molecule has 4 aliphatic rings. The predicted octanol–water partition coefficient (Wildman–Crippen LogP) is 4.29. The Labute approximate surface area is 205 Å². The lowest BCUT2D eigenvalue weighted by atomic mass is 9.84. The minimum Gasteiger partial charge on any atom is -0.486 e. The predicted molar refractivity (Wildman–Crippen MR) is 126 cm³/mol. The van der Waals surface area contributed by atoms with Crippen molar-refractivity contribution in [3.8, 4) is 34.5 Å². The van der Waals surface area contributed by atoms with Crippen molar-refractivity contribution in [2.45, 2.75) is 12.3 Å². The van der Waals surface area contributed by atoms with E-state index in [9.17, 15) is 9.59 Å². The summed E-state index contributed by atoms with van der Waals surface area (Å²) >= 11 is 0. The fourth-order valence-corrected chi connectivity index (χ4v) is 4.97. The van der Waals surface area contributed by atoms with Crippen LogP contribution in [0.3, 0.4) is 0 Å². The highest BCUT2D eigenvalue weighted by Gasteiger charge is 2.39. The number of carbonyl (C=O) groups excluding carboxylic acids is 2. The van der Waals surface area contributed by atoms with Crippen LogP contribution in [0.1, 0.15) is 39.4 Å². The van der Waals surface area contributed by atoms with E-state index in [1.807, 2.05) is 36.4 Å². The summed E-state index contributed by atoms with van der Waals surface area (Å²) in [5.41, 5.74) is 2.70. The highest BCUT2D eigenvalue weighted by atomic mass is 16.6. The first kappa shape index (κ1) is 20.9. The summed E-state index contributed by atoms with van der Waals surface area (Å²) < 4.78 is 34.3. The molecule has 36 heavy (non-hydrogen) atoms. The second kappa shape index (κ2) is 8.05. The van der Waals surface area contributed by atoms with Crippen LogP contribution in [0.5, 0.6) is 34.5 Å². The second-order valence-corrected chi connectivity index (χ2v) is 8.83. The summed E-state index contributed by atoms with van der Waals surface area (Å²) in [6, 6.07) is 14.4. The normalized spacial score (nSPS) is 20.3. The van der Waals surface area contributed by atoms with Crippen LogP contribution in [0.25, 0.3) is 6.08 Å². The molecule has 8 nitrogen and oxygen atoms in total. The van der Waals surface area contributed by atoms with Crippen molar-refractivity contribution >= 4 is 17.8 Å². The third-order valence-electron chi connectivity index (χ3n) is 6.61. The number of rotatable bonds is 2. The zero-order chi connectivity index (χ0) is 24.2. The first-order chi connectivity index (χ1) is 17.6. The lowest BCUT2D eigenvalue weighted by molar-refractivity contribution is -0.135. The van der Waals surface area contributed by atoms with E-state index in [0.29, 0.717) is 72.1 Å². The number of allylic oxidation sites excluding steroid dienone is 1. The molecule has 0 amide bonds. The Morgan fingerprint density at radius 1 is 0.694 bits per heavy atom. The minimum atomic E-state index is -0.367. The number of hydrogen-bond donors (Lipinski definition) is 0. The molecule has 0 saturated carbocycles. The maximum Gasteiger partial charge on any atom is 0.312 e. The summed E-state index contributed by atoms with van der Waals surface area (Å²) in [5, 5.41) is 0. The lowest BCUT2D eigenvalue weighted by Gasteiger charge is -2.27. The van der Waals surface area contributed by atoms with Crippen molar-refractivity contribution in [1.82, 2.24) is 0 Å². The SMILES string of the molecule is O=C1C[C@H](c2ccc3c(c2)OCCO3)c2c(ccc3c2O/C(=C\c2ccc4c(c2)OCCO4)C3=O)O1. The molecule has 0 fully saturated rings. The van der Waals surface area contributed by atoms with Gasteiger partial charge in [0.05, 0.1) is 12.0 Å². The average Bonchev–Trinajstić information content (AvgIpc) is 3.22. The largest absolute Gasteiger partial charge is 0.486 e. The molecule has 3 aromatic rings. The molecule has 7 rings (SSSR count). The molecule has 180 valence electrons. The monoisotopic (exact) mass is 484 g/mol. The smallest absolute Gasteiger partial charge is 0.312 e. The quantitative estimate of drug-likeness (QED) is 0.303. The summed E-state index contributed by atoms with van der Waals surface area (Å²) in [6.45, 7) is 1.93. The Kier molecular flexibility index (Phi) is 4.67. The molecule has 4 aliphatic heterocycles. The Morgan fingerprint density at radius 2 is 1.36 bits per heavy atom. The summed E-state index contributed by atoms with van der Waals surface area (Å²) in [6.07, 6.45) is 1.79. The van der Waals surface area contributed by atoms with Gasteiger partial charge in [-0.3, -0.25) is 9.59 Å². The molecule has 0 spiro atoms. The third kappa shape index (κ3) is 3.37. The fourth-order valence-electron chi connectivity index (χ4n) is 4.97. The van der Waals surface area contributed by atoms with Gasteiger partial charge in [0.25, 0.3) is 0 Å². The van der Waals surface area contributed by atoms with Crippen LogP contribution < -0.4 is 28.4 Å². The van der Waals surface area contributed by atoms with Crippen LogP contribution in [-0.2, 0) is 4.79 Å². The molecule has 0 bridgehead atoms. The van der Waals surface area contributed by atoms with E-state index in [2.05, 4.69) is 0 Å². The third-order valence-corrected chi connectivity index (χ3v) is 6.61. The van der Waals surface area contributed by atoms with Crippen molar-refractivity contribution in [2.24, 2.45) is 0 Å². The molecule has 0 aromatic heterocycles. The molecule has 0 radical (unpaired) electrons. The van der Waals surface area contributed by atoms with E-state index in [1.54, 1.807) is 18.2 Å². The van der Waals surface area contributed by atoms with Crippen molar-refractivity contribution in [2.75, 3.05) is 26.4 Å². The van der Waals surface area contributed by atoms with Crippen LogP contribution in [0.4, 0.5) is 0 Å². The summed E-state index contributed by atoms with van der Waals surface area (Å²) in [4.78, 5) is 25.7. The van der Waals surface area contributed by atoms with E-state index in [4.69, 9.17) is 28.4 Å². The number of fused-ring (bicyclic) bond motifs is 5. The zero-order valence-corrected chi connectivity index (χ0v) is 19.1. The topological polar surface area (TPSA) is 89.5 Å². The van der Waals surface area contributed by atoms with E-state index < -0.39 is 0 Å². The van der Waals surface area contributed by atoms with Gasteiger partial charge in [0.15, 0.2) is 28.8 Å². The Balaban J connectivity index is 1.28. The molecule has 0 saturated heterocycles. The minimum absolute atomic E-state index is 0.113. The van der Waals surface area contributed by atoms with Gasteiger partial charge in [-0.1, -0.05) is 12.1 Å². The van der Waals surface area contributed by atoms with E-state index in [1.165, 1.54) is 0 Å². The van der Waals surface area contributed by atoms with Crippen molar-refractivity contribution < 1.29 is 38.0 Å². The number of benzene rings is 3. The highest BCUT2D eigenvalue weighted by Crippen LogP contribution is 2.50. The maximum atomic E-state index is 13.3. The standard InChI is InChI=1S/C28H20O8/c29-25-14-18(16-2-5-20-23(13-16)34-10-8-32-20)26-21(35-25)6-3-17-27(30)24(36-28(17)26)12-15-1-4-19-22(11-15)33-9-7-31-19/h1-6,11-13,18H,7-10,14H2/b24-12-/t18-/m1/s1. The molecule has 0 N–H and O–H groups in total. The number of hydrogen-bond acceptors (Lipinski definition) is 8. The number of ether oxygens (including phenoxy) is 6.